The van der Waals surface area contributed by atoms with Gasteiger partial charge in [-0.15, -0.1) is 0 Å². The van der Waals surface area contributed by atoms with Gasteiger partial charge in [0.25, 0.3) is 0 Å². The average Bonchev–Trinajstić information content (AvgIpc) is 2.69. The molecule has 0 spiro atoms. The van der Waals surface area contributed by atoms with Gasteiger partial charge in [0.05, 0.1) is 12.0 Å². The summed E-state index contributed by atoms with van der Waals surface area (Å²) >= 11 is 0. The summed E-state index contributed by atoms with van der Waals surface area (Å²) < 4.78 is 0. The fourth-order valence-electron chi connectivity index (χ4n) is 4.80. The Labute approximate surface area is 134 Å². The van der Waals surface area contributed by atoms with Crippen LogP contribution in [0.3, 0.4) is 0 Å². The van der Waals surface area contributed by atoms with E-state index in [1.54, 1.807) is 0 Å². The first-order valence-electron chi connectivity index (χ1n) is 8.63. The molecule has 0 aromatic heterocycles. The lowest BCUT2D eigenvalue weighted by molar-refractivity contribution is -0.120. The van der Waals surface area contributed by atoms with Crippen LogP contribution in [0.2, 0.25) is 0 Å². The number of rotatable bonds is 0. The second kappa shape index (κ2) is 5.49. The minimum atomic E-state index is -0.595. The predicted octanol–water partition coefficient (Wildman–Crippen LogP) is 4.36. The molecule has 0 fully saturated rings. The van der Waals surface area contributed by atoms with E-state index in [1.165, 1.54) is 5.57 Å². The lowest BCUT2D eigenvalue weighted by atomic mass is 9.64. The lowest BCUT2D eigenvalue weighted by Crippen LogP contribution is -2.33. The quantitative estimate of drug-likeness (QED) is 0.675. The van der Waals surface area contributed by atoms with Crippen molar-refractivity contribution in [1.82, 2.24) is 0 Å². The number of Topliss-reactive ketones (excluding diaryl/α,β-unsaturated/α-hetero) is 1. The highest BCUT2D eigenvalue weighted by Gasteiger charge is 2.51. The SMILES string of the molecule is C=C1CC/C=C(\C)[C@@H]2C(=O)C3=C(CC[C@@H](CC1)C3(C)C)C2O. The number of aliphatic hydroxyl groups is 1. The maximum atomic E-state index is 13.0. The Morgan fingerprint density at radius 2 is 1.91 bits per heavy atom. The van der Waals surface area contributed by atoms with E-state index in [4.69, 9.17) is 0 Å². The van der Waals surface area contributed by atoms with Crippen LogP contribution in [0.25, 0.3) is 0 Å². The van der Waals surface area contributed by atoms with Crippen LogP contribution in [0.5, 0.6) is 0 Å². The molecule has 120 valence electrons. The summed E-state index contributed by atoms with van der Waals surface area (Å²) in [6, 6.07) is 0. The summed E-state index contributed by atoms with van der Waals surface area (Å²) in [6.07, 6.45) is 7.60. The first kappa shape index (κ1) is 15.7. The summed E-state index contributed by atoms with van der Waals surface area (Å²) in [4.78, 5) is 13.0. The van der Waals surface area contributed by atoms with Gasteiger partial charge in [0.1, 0.15) is 0 Å². The van der Waals surface area contributed by atoms with E-state index in [0.717, 1.165) is 55.2 Å². The van der Waals surface area contributed by atoms with Crippen LogP contribution in [0, 0.1) is 17.3 Å². The summed E-state index contributed by atoms with van der Waals surface area (Å²) in [5, 5.41) is 10.7. The number of allylic oxidation sites excluding steroid dienone is 3. The largest absolute Gasteiger partial charge is 0.388 e. The second-order valence-corrected chi connectivity index (χ2v) is 7.92. The third kappa shape index (κ3) is 2.32. The molecule has 0 aromatic rings. The maximum absolute atomic E-state index is 13.0. The molecule has 3 bridgehead atoms. The first-order chi connectivity index (χ1) is 10.3. The lowest BCUT2D eigenvalue weighted by Gasteiger charge is -2.40. The highest BCUT2D eigenvalue weighted by atomic mass is 16.3. The van der Waals surface area contributed by atoms with E-state index in [9.17, 15) is 9.90 Å². The van der Waals surface area contributed by atoms with Crippen LogP contribution >= 0.6 is 0 Å². The van der Waals surface area contributed by atoms with E-state index in [2.05, 4.69) is 26.5 Å². The summed E-state index contributed by atoms with van der Waals surface area (Å²) in [5.74, 6) is 0.364. The predicted molar refractivity (Wildman–Crippen MR) is 89.4 cm³/mol. The van der Waals surface area contributed by atoms with Gasteiger partial charge in [-0.25, -0.2) is 0 Å². The maximum Gasteiger partial charge on any atom is 0.169 e. The van der Waals surface area contributed by atoms with Crippen LogP contribution in [-0.2, 0) is 4.79 Å². The number of carbonyl (C=O) groups is 1. The Bertz CT molecular complexity index is 577. The zero-order valence-electron chi connectivity index (χ0n) is 14.1. The minimum Gasteiger partial charge on any atom is -0.388 e. The zero-order valence-corrected chi connectivity index (χ0v) is 14.1. The van der Waals surface area contributed by atoms with Crippen LogP contribution in [-0.4, -0.2) is 17.0 Å². The van der Waals surface area contributed by atoms with Crippen molar-refractivity contribution in [3.05, 3.63) is 34.9 Å². The average molecular weight is 300 g/mol. The van der Waals surface area contributed by atoms with Gasteiger partial charge in [-0.05, 0) is 62.4 Å². The molecule has 3 aliphatic rings. The second-order valence-electron chi connectivity index (χ2n) is 7.92. The number of ketones is 1. The van der Waals surface area contributed by atoms with Gasteiger partial charge < -0.3 is 5.11 Å². The molecule has 3 aliphatic carbocycles. The van der Waals surface area contributed by atoms with Crippen molar-refractivity contribution < 1.29 is 9.90 Å². The first-order valence-corrected chi connectivity index (χ1v) is 8.63. The molecule has 3 rings (SSSR count). The van der Waals surface area contributed by atoms with E-state index in [-0.39, 0.29) is 17.1 Å². The highest BCUT2D eigenvalue weighted by molar-refractivity contribution is 6.04. The van der Waals surface area contributed by atoms with E-state index >= 15 is 0 Å². The minimum absolute atomic E-state index is 0.125. The molecule has 0 heterocycles. The van der Waals surface area contributed by atoms with Crippen molar-refractivity contribution in [1.29, 1.82) is 0 Å². The van der Waals surface area contributed by atoms with Crippen LogP contribution in [0.15, 0.2) is 34.9 Å². The number of aliphatic hydroxyl groups excluding tert-OH is 1. The van der Waals surface area contributed by atoms with Gasteiger partial charge >= 0.3 is 0 Å². The molecule has 1 N–H and O–H groups in total. The fraction of sp³-hybridized carbons (Fsp3) is 0.650. The summed E-state index contributed by atoms with van der Waals surface area (Å²) in [5.41, 5.74) is 4.20. The van der Waals surface area contributed by atoms with Crippen LogP contribution in [0.4, 0.5) is 0 Å². The van der Waals surface area contributed by atoms with Gasteiger partial charge in [0, 0.05) is 5.57 Å². The van der Waals surface area contributed by atoms with E-state index in [0.29, 0.717) is 5.92 Å². The molecule has 0 saturated heterocycles. The molecule has 0 amide bonds. The van der Waals surface area contributed by atoms with Crippen molar-refractivity contribution in [3.8, 4) is 0 Å². The summed E-state index contributed by atoms with van der Waals surface area (Å²) in [6.45, 7) is 10.6. The topological polar surface area (TPSA) is 37.3 Å². The molecule has 3 atom stereocenters. The molecular weight excluding hydrogens is 272 g/mol. The van der Waals surface area contributed by atoms with Gasteiger partial charge in [0.2, 0.25) is 0 Å². The molecule has 22 heavy (non-hydrogen) atoms. The Morgan fingerprint density at radius 3 is 2.64 bits per heavy atom. The Morgan fingerprint density at radius 1 is 1.23 bits per heavy atom. The van der Waals surface area contributed by atoms with Crippen molar-refractivity contribution in [2.75, 3.05) is 0 Å². The molecule has 0 radical (unpaired) electrons. The highest BCUT2D eigenvalue weighted by Crippen LogP contribution is 2.53. The number of fused-ring (bicyclic) bond motifs is 2. The Balaban J connectivity index is 2.08. The zero-order chi connectivity index (χ0) is 16.1. The van der Waals surface area contributed by atoms with Crippen molar-refractivity contribution in [3.63, 3.8) is 0 Å². The van der Waals surface area contributed by atoms with Crippen molar-refractivity contribution in [2.45, 2.75) is 65.4 Å². The Hall–Kier alpha value is -1.15. The summed E-state index contributed by atoms with van der Waals surface area (Å²) in [7, 11) is 0. The number of carbonyl (C=O) groups excluding carboxylic acids is 1. The monoisotopic (exact) mass is 300 g/mol. The molecule has 0 aromatic carbocycles. The molecule has 0 aliphatic heterocycles. The normalized spacial score (nSPS) is 37.6. The van der Waals surface area contributed by atoms with Crippen LogP contribution in [0.1, 0.15) is 59.3 Å². The molecule has 2 heteroatoms. The van der Waals surface area contributed by atoms with Crippen LogP contribution < -0.4 is 0 Å². The standard InChI is InChI=1S/C20H28O2/c1-12-6-5-7-13(2)16-18(21)15-11-10-14(9-8-12)20(3,4)17(15)19(16)22/h7,14,16,18,21H,1,5-6,8-11H2,2-4H3/b13-7+/t14-,16+,18?/m1/s1. The molecule has 1 unspecified atom stereocenters. The third-order valence-corrected chi connectivity index (χ3v) is 6.25. The molecule has 2 nitrogen and oxygen atoms in total. The van der Waals surface area contributed by atoms with E-state index < -0.39 is 6.10 Å². The van der Waals surface area contributed by atoms with Gasteiger partial charge in [0.15, 0.2) is 5.78 Å². The van der Waals surface area contributed by atoms with Gasteiger partial charge in [-0.2, -0.15) is 0 Å². The number of hydrogen-bond acceptors (Lipinski definition) is 2. The van der Waals surface area contributed by atoms with Gasteiger partial charge in [-0.3, -0.25) is 4.79 Å². The fourth-order valence-corrected chi connectivity index (χ4v) is 4.80. The smallest absolute Gasteiger partial charge is 0.169 e. The number of hydrogen-bond donors (Lipinski definition) is 1. The van der Waals surface area contributed by atoms with Crippen molar-refractivity contribution >= 4 is 5.78 Å². The van der Waals surface area contributed by atoms with Crippen molar-refractivity contribution in [2.24, 2.45) is 17.3 Å². The van der Waals surface area contributed by atoms with E-state index in [1.807, 2.05) is 6.92 Å². The molecule has 0 saturated carbocycles. The molecular formula is C20H28O2. The third-order valence-electron chi connectivity index (χ3n) is 6.25. The van der Waals surface area contributed by atoms with Gasteiger partial charge in [-0.1, -0.05) is 37.6 Å². The Kier molecular flexibility index (Phi) is 3.92.